The third kappa shape index (κ3) is 5.94. The van der Waals surface area contributed by atoms with Gasteiger partial charge >= 0.3 is 6.18 Å². The molecule has 2 aromatic carbocycles. The third-order valence-corrected chi connectivity index (χ3v) is 5.19. The van der Waals surface area contributed by atoms with E-state index in [0.717, 1.165) is 23.3 Å². The Labute approximate surface area is 177 Å². The molecule has 1 saturated heterocycles. The van der Waals surface area contributed by atoms with Crippen molar-refractivity contribution in [1.82, 2.24) is 10.2 Å². The number of halogens is 3. The summed E-state index contributed by atoms with van der Waals surface area (Å²) in [6, 6.07) is 10.4. The van der Waals surface area contributed by atoms with E-state index in [4.69, 9.17) is 0 Å². The summed E-state index contributed by atoms with van der Waals surface area (Å²) in [5.41, 5.74) is 0.673. The van der Waals surface area contributed by atoms with Crippen LogP contribution in [0.25, 0.3) is 0 Å². The van der Waals surface area contributed by atoms with E-state index >= 15 is 0 Å². The number of nitro benzene ring substituents is 1. The Morgan fingerprint density at radius 3 is 2.32 bits per heavy atom. The number of hydrogen-bond acceptors (Lipinski definition) is 5. The Bertz CT molecular complexity index is 940. The van der Waals surface area contributed by atoms with Crippen LogP contribution >= 0.6 is 0 Å². The Hall–Kier alpha value is -3.14. The van der Waals surface area contributed by atoms with Crippen LogP contribution < -0.4 is 10.2 Å². The number of rotatable bonds is 6. The summed E-state index contributed by atoms with van der Waals surface area (Å²) < 4.78 is 38.7. The first-order valence-corrected chi connectivity index (χ1v) is 9.78. The highest BCUT2D eigenvalue weighted by Crippen LogP contribution is 2.36. The second kappa shape index (κ2) is 9.34. The lowest BCUT2D eigenvalue weighted by atomic mass is 10.1. The molecule has 1 fully saturated rings. The molecule has 0 radical (unpaired) electrons. The molecule has 0 unspecified atom stereocenters. The highest BCUT2D eigenvalue weighted by atomic mass is 19.4. The van der Waals surface area contributed by atoms with Gasteiger partial charge in [0.05, 0.1) is 17.0 Å². The van der Waals surface area contributed by atoms with Crippen LogP contribution in [0.5, 0.6) is 0 Å². The minimum atomic E-state index is -4.64. The Kier molecular flexibility index (Phi) is 6.79. The lowest BCUT2D eigenvalue weighted by Gasteiger charge is -2.35. The molecule has 1 N–H and O–H groups in total. The standard InChI is InChI=1S/C21H23F3N4O3/c1-15-2-4-16(5-3-15)13-25-20(29)14-26-8-10-27(11-9-26)18-7-6-17(21(22,23)24)12-19(18)28(30)31/h2-7,12H,8-11,13-14H2,1H3,(H,25,29). The van der Waals surface area contributed by atoms with E-state index < -0.39 is 22.4 Å². The van der Waals surface area contributed by atoms with Crippen molar-refractivity contribution in [1.29, 1.82) is 0 Å². The van der Waals surface area contributed by atoms with Crippen LogP contribution in [0.15, 0.2) is 42.5 Å². The van der Waals surface area contributed by atoms with E-state index in [9.17, 15) is 28.1 Å². The van der Waals surface area contributed by atoms with E-state index in [2.05, 4.69) is 5.32 Å². The van der Waals surface area contributed by atoms with Crippen molar-refractivity contribution in [2.75, 3.05) is 37.6 Å². The minimum absolute atomic E-state index is 0.130. The number of alkyl halides is 3. The number of anilines is 1. The summed E-state index contributed by atoms with van der Waals surface area (Å²) in [6.07, 6.45) is -4.64. The zero-order chi connectivity index (χ0) is 22.6. The molecule has 1 aliphatic heterocycles. The van der Waals surface area contributed by atoms with Gasteiger partial charge in [-0.15, -0.1) is 0 Å². The Morgan fingerprint density at radius 2 is 1.74 bits per heavy atom. The number of carbonyl (C=O) groups is 1. The maximum absolute atomic E-state index is 12.9. The van der Waals surface area contributed by atoms with Crippen LogP contribution in [0.1, 0.15) is 16.7 Å². The smallest absolute Gasteiger partial charge is 0.363 e. The molecule has 0 aromatic heterocycles. The largest absolute Gasteiger partial charge is 0.416 e. The van der Waals surface area contributed by atoms with Crippen LogP contribution in [0.3, 0.4) is 0 Å². The van der Waals surface area contributed by atoms with Crippen LogP contribution in [0, 0.1) is 17.0 Å². The molecule has 0 bridgehead atoms. The van der Waals surface area contributed by atoms with E-state index in [1.165, 1.54) is 0 Å². The molecule has 1 heterocycles. The summed E-state index contributed by atoms with van der Waals surface area (Å²) in [5.74, 6) is -0.130. The number of carbonyl (C=O) groups excluding carboxylic acids is 1. The topological polar surface area (TPSA) is 78.7 Å². The summed E-state index contributed by atoms with van der Waals surface area (Å²) in [6.45, 7) is 4.29. The quantitative estimate of drug-likeness (QED) is 0.555. The zero-order valence-corrected chi connectivity index (χ0v) is 17.0. The number of nitrogens with one attached hydrogen (secondary N) is 1. The van der Waals surface area contributed by atoms with Crippen molar-refractivity contribution in [2.24, 2.45) is 0 Å². The lowest BCUT2D eigenvalue weighted by molar-refractivity contribution is -0.384. The zero-order valence-electron chi connectivity index (χ0n) is 17.0. The molecule has 0 saturated carbocycles. The molecule has 166 valence electrons. The van der Waals surface area contributed by atoms with Gasteiger partial charge < -0.3 is 10.2 Å². The van der Waals surface area contributed by atoms with E-state index in [-0.39, 0.29) is 18.1 Å². The Morgan fingerprint density at radius 1 is 1.10 bits per heavy atom. The lowest BCUT2D eigenvalue weighted by Crippen LogP contribution is -2.49. The first kappa shape index (κ1) is 22.5. The summed E-state index contributed by atoms with van der Waals surface area (Å²) in [7, 11) is 0. The number of hydrogen-bond donors (Lipinski definition) is 1. The molecule has 0 aliphatic carbocycles. The highest BCUT2D eigenvalue weighted by molar-refractivity contribution is 5.78. The second-order valence-electron chi connectivity index (χ2n) is 7.48. The number of aryl methyl sites for hydroxylation is 1. The molecule has 0 spiro atoms. The van der Waals surface area contributed by atoms with Gasteiger partial charge in [-0.2, -0.15) is 13.2 Å². The van der Waals surface area contributed by atoms with E-state index in [1.54, 1.807) is 4.90 Å². The van der Waals surface area contributed by atoms with Crippen LogP contribution in [0.4, 0.5) is 24.5 Å². The maximum atomic E-state index is 12.9. The fourth-order valence-electron chi connectivity index (χ4n) is 3.43. The first-order valence-electron chi connectivity index (χ1n) is 9.78. The number of piperazine rings is 1. The fourth-order valence-corrected chi connectivity index (χ4v) is 3.43. The van der Waals surface area contributed by atoms with Crippen molar-refractivity contribution < 1.29 is 22.9 Å². The van der Waals surface area contributed by atoms with Crippen LogP contribution in [-0.4, -0.2) is 48.5 Å². The molecule has 0 atom stereocenters. The van der Waals surface area contributed by atoms with Gasteiger partial charge in [0.1, 0.15) is 5.69 Å². The van der Waals surface area contributed by atoms with Crippen molar-refractivity contribution in [3.05, 3.63) is 69.3 Å². The average Bonchev–Trinajstić information content (AvgIpc) is 2.73. The maximum Gasteiger partial charge on any atom is 0.416 e. The minimum Gasteiger partial charge on any atom is -0.363 e. The van der Waals surface area contributed by atoms with Gasteiger partial charge in [0.15, 0.2) is 0 Å². The van der Waals surface area contributed by atoms with Crippen molar-refractivity contribution in [3.8, 4) is 0 Å². The fraction of sp³-hybridized carbons (Fsp3) is 0.381. The molecule has 3 rings (SSSR count). The molecule has 7 nitrogen and oxygen atoms in total. The predicted octanol–water partition coefficient (Wildman–Crippen LogP) is 3.36. The van der Waals surface area contributed by atoms with Gasteiger partial charge in [0.2, 0.25) is 5.91 Å². The number of amides is 1. The Balaban J connectivity index is 1.55. The van der Waals surface area contributed by atoms with Crippen molar-refractivity contribution in [3.63, 3.8) is 0 Å². The highest BCUT2D eigenvalue weighted by Gasteiger charge is 2.34. The van der Waals surface area contributed by atoms with Crippen molar-refractivity contribution in [2.45, 2.75) is 19.6 Å². The molecule has 2 aromatic rings. The van der Waals surface area contributed by atoms with Crippen LogP contribution in [0.2, 0.25) is 0 Å². The molecular formula is C21H23F3N4O3. The first-order chi connectivity index (χ1) is 14.6. The third-order valence-electron chi connectivity index (χ3n) is 5.19. The van der Waals surface area contributed by atoms with E-state index in [0.29, 0.717) is 38.8 Å². The number of nitro groups is 1. The van der Waals surface area contributed by atoms with Crippen LogP contribution in [-0.2, 0) is 17.5 Å². The normalized spacial score (nSPS) is 15.0. The molecule has 1 amide bonds. The average molecular weight is 436 g/mol. The molecule has 1 aliphatic rings. The SMILES string of the molecule is Cc1ccc(CNC(=O)CN2CCN(c3ccc(C(F)(F)F)cc3[N+](=O)[O-])CC2)cc1. The summed E-state index contributed by atoms with van der Waals surface area (Å²) in [5, 5.41) is 14.2. The number of nitrogens with zero attached hydrogens (tertiary/aromatic N) is 3. The molecule has 10 heteroatoms. The predicted molar refractivity (Wildman–Crippen MR) is 110 cm³/mol. The van der Waals surface area contributed by atoms with Gasteiger partial charge in [0, 0.05) is 38.8 Å². The monoisotopic (exact) mass is 436 g/mol. The van der Waals surface area contributed by atoms with Gasteiger partial charge in [-0.3, -0.25) is 19.8 Å². The van der Waals surface area contributed by atoms with Gasteiger partial charge in [-0.25, -0.2) is 0 Å². The van der Waals surface area contributed by atoms with Crippen molar-refractivity contribution >= 4 is 17.3 Å². The van der Waals surface area contributed by atoms with Gasteiger partial charge in [-0.1, -0.05) is 29.8 Å². The second-order valence-corrected chi connectivity index (χ2v) is 7.48. The summed E-state index contributed by atoms with van der Waals surface area (Å²) >= 11 is 0. The van der Waals surface area contributed by atoms with Gasteiger partial charge in [-0.05, 0) is 24.6 Å². The number of benzene rings is 2. The summed E-state index contributed by atoms with van der Waals surface area (Å²) in [4.78, 5) is 26.3. The van der Waals surface area contributed by atoms with Gasteiger partial charge in [0.25, 0.3) is 5.69 Å². The van der Waals surface area contributed by atoms with E-state index in [1.807, 2.05) is 36.1 Å². The molecule has 31 heavy (non-hydrogen) atoms. The molecular weight excluding hydrogens is 413 g/mol.